The first kappa shape index (κ1) is 26.9. The van der Waals surface area contributed by atoms with Crippen LogP contribution in [0.25, 0.3) is 20.9 Å². The van der Waals surface area contributed by atoms with E-state index >= 15 is 0 Å². The molecule has 0 aliphatic rings. The van der Waals surface area contributed by atoms with Gasteiger partial charge in [0.1, 0.15) is 6.04 Å². The van der Waals surface area contributed by atoms with Crippen molar-refractivity contribution >= 4 is 55.1 Å². The van der Waals surface area contributed by atoms with Crippen LogP contribution >= 0.6 is 11.3 Å². The quantitative estimate of drug-likeness (QED) is 0.175. The van der Waals surface area contributed by atoms with E-state index in [9.17, 15) is 13.6 Å². The highest BCUT2D eigenvalue weighted by molar-refractivity contribution is 7.80. The van der Waals surface area contributed by atoms with Gasteiger partial charge in [0.2, 0.25) is 5.91 Å². The van der Waals surface area contributed by atoms with Gasteiger partial charge in [-0.3, -0.25) is 13.7 Å². The standard InChI is InChI=1S/C34H28N2O3S2/c37-34(35-33(25-13-3-1-4-14-25)26-15-5-2-6-16-26)31(22-27-23-40-32-21-10-9-19-29(27)32)36(41(38)39)30-20-11-17-24-12-7-8-18-28(24)30/h1-21,23,31,33H,22H2,(H,35,37)(H,38,39). The monoisotopic (exact) mass is 576 g/mol. The van der Waals surface area contributed by atoms with Crippen molar-refractivity contribution < 1.29 is 13.6 Å². The maximum atomic E-state index is 14.4. The third kappa shape index (κ3) is 5.65. The van der Waals surface area contributed by atoms with Crippen LogP contribution in [0.5, 0.6) is 0 Å². The van der Waals surface area contributed by atoms with Crippen molar-refractivity contribution in [1.29, 1.82) is 0 Å². The van der Waals surface area contributed by atoms with Gasteiger partial charge in [-0.05, 0) is 45.0 Å². The first-order chi connectivity index (χ1) is 20.1. The number of hydrogen-bond donors (Lipinski definition) is 2. The zero-order valence-electron chi connectivity index (χ0n) is 22.1. The number of rotatable bonds is 9. The Balaban J connectivity index is 1.46. The molecule has 2 unspecified atom stereocenters. The van der Waals surface area contributed by atoms with Crippen molar-refractivity contribution in [3.05, 3.63) is 149 Å². The lowest BCUT2D eigenvalue weighted by molar-refractivity contribution is -0.122. The minimum Gasteiger partial charge on any atom is -0.343 e. The molecule has 41 heavy (non-hydrogen) atoms. The van der Waals surface area contributed by atoms with E-state index in [1.807, 2.05) is 127 Å². The zero-order valence-corrected chi connectivity index (χ0v) is 23.7. The van der Waals surface area contributed by atoms with Gasteiger partial charge in [-0.2, -0.15) is 0 Å². The second kappa shape index (κ2) is 12.1. The number of carbonyl (C=O) groups is 1. The molecule has 1 heterocycles. The van der Waals surface area contributed by atoms with Crippen LogP contribution in [0, 0.1) is 0 Å². The molecule has 2 N–H and O–H groups in total. The van der Waals surface area contributed by atoms with E-state index in [0.717, 1.165) is 37.5 Å². The SMILES string of the molecule is O=C(NC(c1ccccc1)c1ccccc1)C(Cc1csc2ccccc12)N(c1cccc2ccccc12)S(=O)O. The molecule has 0 aliphatic carbocycles. The summed E-state index contributed by atoms with van der Waals surface area (Å²) in [5, 5.41) is 8.04. The Labute approximate surface area is 245 Å². The highest BCUT2D eigenvalue weighted by Gasteiger charge is 2.34. The fourth-order valence-electron chi connectivity index (χ4n) is 5.33. The van der Waals surface area contributed by atoms with E-state index in [1.54, 1.807) is 17.4 Å². The van der Waals surface area contributed by atoms with Crippen molar-refractivity contribution in [1.82, 2.24) is 5.32 Å². The Morgan fingerprint density at radius 3 is 2.02 bits per heavy atom. The summed E-state index contributed by atoms with van der Waals surface area (Å²) in [6.07, 6.45) is 0.252. The Morgan fingerprint density at radius 1 is 0.756 bits per heavy atom. The second-order valence-electron chi connectivity index (χ2n) is 9.79. The molecular formula is C34H28N2O3S2. The normalized spacial score (nSPS) is 12.8. The Bertz CT molecular complexity index is 1780. The molecule has 0 radical (unpaired) electrons. The molecule has 0 spiro atoms. The molecule has 204 valence electrons. The number of fused-ring (bicyclic) bond motifs is 2. The van der Waals surface area contributed by atoms with Crippen molar-refractivity contribution in [3.63, 3.8) is 0 Å². The van der Waals surface area contributed by atoms with Crippen molar-refractivity contribution in [2.75, 3.05) is 4.31 Å². The van der Waals surface area contributed by atoms with E-state index in [0.29, 0.717) is 5.69 Å². The molecule has 0 saturated heterocycles. The van der Waals surface area contributed by atoms with Gasteiger partial charge < -0.3 is 5.32 Å². The summed E-state index contributed by atoms with van der Waals surface area (Å²) in [7, 11) is 0. The zero-order chi connectivity index (χ0) is 28.2. The lowest BCUT2D eigenvalue weighted by Gasteiger charge is -2.31. The number of carbonyl (C=O) groups excluding carboxylic acids is 1. The third-order valence-corrected chi connectivity index (χ3v) is 9.08. The molecule has 0 bridgehead atoms. The van der Waals surface area contributed by atoms with Crippen molar-refractivity contribution in [2.24, 2.45) is 0 Å². The molecule has 6 rings (SSSR count). The smallest absolute Gasteiger partial charge is 0.262 e. The van der Waals surface area contributed by atoms with E-state index in [2.05, 4.69) is 5.32 Å². The molecule has 5 nitrogen and oxygen atoms in total. The average Bonchev–Trinajstić information content (AvgIpc) is 3.43. The lowest BCUT2D eigenvalue weighted by atomic mass is 9.97. The highest BCUT2D eigenvalue weighted by Crippen LogP contribution is 2.33. The van der Waals surface area contributed by atoms with Crippen LogP contribution in [0.3, 0.4) is 0 Å². The fourth-order valence-corrected chi connectivity index (χ4v) is 7.02. The Kier molecular flexibility index (Phi) is 7.91. The van der Waals surface area contributed by atoms with Crippen LogP contribution in [0.2, 0.25) is 0 Å². The largest absolute Gasteiger partial charge is 0.343 e. The summed E-state index contributed by atoms with van der Waals surface area (Å²) in [6.45, 7) is 0. The minimum atomic E-state index is -2.48. The van der Waals surface area contributed by atoms with Gasteiger partial charge in [0.25, 0.3) is 11.3 Å². The summed E-state index contributed by atoms with van der Waals surface area (Å²) < 4.78 is 26.4. The van der Waals surface area contributed by atoms with Gasteiger partial charge in [-0.25, -0.2) is 4.21 Å². The third-order valence-electron chi connectivity index (χ3n) is 7.28. The number of thiophene rings is 1. The number of nitrogens with zero attached hydrogens (tertiary/aromatic N) is 1. The molecular weight excluding hydrogens is 549 g/mol. The summed E-state index contributed by atoms with van der Waals surface area (Å²) in [5.41, 5.74) is 3.33. The van der Waals surface area contributed by atoms with E-state index < -0.39 is 23.4 Å². The molecule has 6 aromatic rings. The maximum absolute atomic E-state index is 14.4. The highest BCUT2D eigenvalue weighted by atomic mass is 32.2. The molecule has 7 heteroatoms. The summed E-state index contributed by atoms with van der Waals surface area (Å²) in [6, 6.07) is 39.5. The number of benzene rings is 5. The number of anilines is 1. The topological polar surface area (TPSA) is 69.6 Å². The van der Waals surface area contributed by atoms with Crippen LogP contribution in [-0.2, 0) is 22.5 Å². The first-order valence-electron chi connectivity index (χ1n) is 13.3. The first-order valence-corrected chi connectivity index (χ1v) is 15.3. The van der Waals surface area contributed by atoms with Gasteiger partial charge >= 0.3 is 0 Å². The fraction of sp³-hybridized carbons (Fsp3) is 0.0882. The molecule has 1 amide bonds. The second-order valence-corrected chi connectivity index (χ2v) is 11.6. The van der Waals surface area contributed by atoms with Crippen LogP contribution < -0.4 is 9.62 Å². The number of amides is 1. The van der Waals surface area contributed by atoms with Crippen LogP contribution in [0.4, 0.5) is 5.69 Å². The molecule has 2 atom stereocenters. The van der Waals surface area contributed by atoms with Gasteiger partial charge in [-0.1, -0.05) is 115 Å². The maximum Gasteiger partial charge on any atom is 0.262 e. The van der Waals surface area contributed by atoms with E-state index in [1.165, 1.54) is 4.31 Å². The predicted molar refractivity (Wildman–Crippen MR) is 169 cm³/mol. The molecule has 0 aliphatic heterocycles. The van der Waals surface area contributed by atoms with Crippen LogP contribution in [-0.4, -0.2) is 20.7 Å². The lowest BCUT2D eigenvalue weighted by Crippen LogP contribution is -2.50. The summed E-state index contributed by atoms with van der Waals surface area (Å²) in [5.74, 6) is -0.340. The number of hydrogen-bond acceptors (Lipinski definition) is 3. The van der Waals surface area contributed by atoms with Crippen molar-refractivity contribution in [2.45, 2.75) is 18.5 Å². The molecule has 5 aromatic carbocycles. The van der Waals surface area contributed by atoms with Gasteiger partial charge in [0.05, 0.1) is 11.7 Å². The Hall–Kier alpha value is -4.30. The summed E-state index contributed by atoms with van der Waals surface area (Å²) in [4.78, 5) is 14.4. The van der Waals surface area contributed by atoms with Gasteiger partial charge in [-0.15, -0.1) is 11.3 Å². The minimum absolute atomic E-state index is 0.252. The van der Waals surface area contributed by atoms with Crippen LogP contribution in [0.1, 0.15) is 22.7 Å². The van der Waals surface area contributed by atoms with E-state index in [-0.39, 0.29) is 12.3 Å². The van der Waals surface area contributed by atoms with Crippen molar-refractivity contribution in [3.8, 4) is 0 Å². The number of nitrogens with one attached hydrogen (secondary N) is 1. The predicted octanol–water partition coefficient (Wildman–Crippen LogP) is 7.51. The summed E-state index contributed by atoms with van der Waals surface area (Å²) >= 11 is -0.879. The van der Waals surface area contributed by atoms with Gasteiger partial charge in [0.15, 0.2) is 0 Å². The average molecular weight is 577 g/mol. The van der Waals surface area contributed by atoms with E-state index in [4.69, 9.17) is 0 Å². The molecule has 0 fully saturated rings. The Morgan fingerprint density at radius 2 is 1.34 bits per heavy atom. The van der Waals surface area contributed by atoms with Gasteiger partial charge in [0, 0.05) is 16.5 Å². The van der Waals surface area contributed by atoms with Crippen LogP contribution in [0.15, 0.2) is 133 Å². The molecule has 0 saturated carbocycles. The molecule has 1 aromatic heterocycles.